The molecule has 1 saturated heterocycles. The van der Waals surface area contributed by atoms with Gasteiger partial charge in [0.2, 0.25) is 11.9 Å². The molecule has 1 aliphatic rings. The van der Waals surface area contributed by atoms with Crippen LogP contribution in [-0.2, 0) is 4.79 Å². The maximum Gasteiger partial charge on any atom is 0.326 e. The second-order valence-corrected chi connectivity index (χ2v) is 5.97. The molecule has 0 aliphatic carbocycles. The van der Waals surface area contributed by atoms with Crippen LogP contribution in [-0.4, -0.2) is 38.6 Å². The molecule has 1 aromatic heterocycles. The molecule has 0 spiro atoms. The van der Waals surface area contributed by atoms with E-state index < -0.39 is 12.0 Å². The number of aromatic nitrogens is 3. The van der Waals surface area contributed by atoms with E-state index in [1.807, 2.05) is 0 Å². The van der Waals surface area contributed by atoms with Gasteiger partial charge in [0.1, 0.15) is 6.04 Å². The van der Waals surface area contributed by atoms with Crippen LogP contribution in [0.1, 0.15) is 12.8 Å². The molecule has 3 N–H and O–H groups in total. The lowest BCUT2D eigenvalue weighted by Crippen LogP contribution is -2.37. The van der Waals surface area contributed by atoms with Crippen molar-refractivity contribution >= 4 is 41.1 Å². The highest BCUT2D eigenvalue weighted by molar-refractivity contribution is 6.35. The van der Waals surface area contributed by atoms with E-state index in [-0.39, 0.29) is 17.7 Å². The Hall–Kier alpha value is -2.12. The Kier molecular flexibility index (Phi) is 4.23. The zero-order valence-corrected chi connectivity index (χ0v) is 13.4. The number of halogens is 2. The number of carboxylic acid groups (broad SMARTS) is 1. The summed E-state index contributed by atoms with van der Waals surface area (Å²) in [7, 11) is 0. The highest BCUT2D eigenvalue weighted by Crippen LogP contribution is 2.30. The van der Waals surface area contributed by atoms with E-state index in [1.165, 1.54) is 0 Å². The first-order valence-corrected chi connectivity index (χ1v) is 7.67. The van der Waals surface area contributed by atoms with Crippen LogP contribution in [0, 0.1) is 0 Å². The summed E-state index contributed by atoms with van der Waals surface area (Å²) in [5, 5.41) is 10.2. The maximum atomic E-state index is 11.3. The third-order valence-corrected chi connectivity index (χ3v) is 4.17. The minimum Gasteiger partial charge on any atom is -0.480 e. The van der Waals surface area contributed by atoms with Crippen molar-refractivity contribution < 1.29 is 9.90 Å². The predicted octanol–water partition coefficient (Wildman–Crippen LogP) is 2.48. The fourth-order valence-electron chi connectivity index (χ4n) is 2.56. The van der Waals surface area contributed by atoms with Gasteiger partial charge in [-0.05, 0) is 31.0 Å². The summed E-state index contributed by atoms with van der Waals surface area (Å²) >= 11 is 12.2. The molecule has 0 bridgehead atoms. The van der Waals surface area contributed by atoms with E-state index in [0.29, 0.717) is 28.6 Å². The number of nitrogens with zero attached hydrogens (tertiary/aromatic N) is 4. The van der Waals surface area contributed by atoms with Crippen molar-refractivity contribution in [3.05, 3.63) is 28.2 Å². The zero-order valence-electron chi connectivity index (χ0n) is 11.9. The number of benzene rings is 1. The Labute approximate surface area is 142 Å². The summed E-state index contributed by atoms with van der Waals surface area (Å²) in [6.45, 7) is 0.545. The van der Waals surface area contributed by atoms with Gasteiger partial charge in [-0.2, -0.15) is 15.0 Å². The fourth-order valence-corrected chi connectivity index (χ4v) is 2.94. The number of anilines is 2. The number of carbonyl (C=O) groups is 1. The van der Waals surface area contributed by atoms with Gasteiger partial charge >= 0.3 is 5.97 Å². The number of hydrogen-bond acceptors (Lipinski definition) is 6. The Balaban J connectivity index is 2.06. The zero-order chi connectivity index (χ0) is 16.6. The molecule has 9 heteroatoms. The normalized spacial score (nSPS) is 17.5. The lowest BCUT2D eigenvalue weighted by Gasteiger charge is -2.21. The molecule has 1 aliphatic heterocycles. The molecule has 7 nitrogen and oxygen atoms in total. The highest BCUT2D eigenvalue weighted by Gasteiger charge is 2.33. The largest absolute Gasteiger partial charge is 0.480 e. The van der Waals surface area contributed by atoms with Crippen LogP contribution < -0.4 is 10.6 Å². The third-order valence-electron chi connectivity index (χ3n) is 3.60. The Bertz CT molecular complexity index is 771. The number of carboxylic acids is 1. The molecule has 1 atom stereocenters. The molecule has 1 unspecified atom stereocenters. The Morgan fingerprint density at radius 3 is 2.83 bits per heavy atom. The average molecular weight is 354 g/mol. The lowest BCUT2D eigenvalue weighted by atomic mass is 10.2. The standard InChI is InChI=1S/C14H13Cl2N5O2/c15-7-3-4-9(16)8(6-7)11-18-13(17)20-14(19-11)21-5-1-2-10(21)12(22)23/h3-4,6,10H,1-2,5H2,(H,22,23)(H2,17,18,19,20). The molecule has 2 aromatic rings. The number of hydrogen-bond donors (Lipinski definition) is 2. The van der Waals surface area contributed by atoms with Gasteiger partial charge in [0.15, 0.2) is 5.82 Å². The van der Waals surface area contributed by atoms with Gasteiger partial charge in [-0.3, -0.25) is 0 Å². The molecular formula is C14H13Cl2N5O2. The summed E-state index contributed by atoms with van der Waals surface area (Å²) in [5.74, 6) is -0.426. The van der Waals surface area contributed by atoms with Crippen molar-refractivity contribution in [2.45, 2.75) is 18.9 Å². The second-order valence-electron chi connectivity index (χ2n) is 5.13. The summed E-state index contributed by atoms with van der Waals surface area (Å²) in [4.78, 5) is 25.4. The van der Waals surface area contributed by atoms with E-state index in [4.69, 9.17) is 28.9 Å². The van der Waals surface area contributed by atoms with Crippen molar-refractivity contribution in [1.29, 1.82) is 0 Å². The van der Waals surface area contributed by atoms with E-state index in [9.17, 15) is 9.90 Å². The Morgan fingerprint density at radius 1 is 1.30 bits per heavy atom. The summed E-state index contributed by atoms with van der Waals surface area (Å²) in [6, 6.07) is 4.25. The molecule has 120 valence electrons. The van der Waals surface area contributed by atoms with E-state index in [1.54, 1.807) is 23.1 Å². The van der Waals surface area contributed by atoms with E-state index >= 15 is 0 Å². The minimum atomic E-state index is -0.913. The lowest BCUT2D eigenvalue weighted by molar-refractivity contribution is -0.138. The van der Waals surface area contributed by atoms with Gasteiger partial charge < -0.3 is 15.7 Å². The third kappa shape index (κ3) is 3.16. The second kappa shape index (κ2) is 6.17. The average Bonchev–Trinajstić information content (AvgIpc) is 2.99. The fraction of sp³-hybridized carbons (Fsp3) is 0.286. The van der Waals surface area contributed by atoms with Crippen LogP contribution in [0.3, 0.4) is 0 Å². The topological polar surface area (TPSA) is 105 Å². The van der Waals surface area contributed by atoms with E-state index in [0.717, 1.165) is 6.42 Å². The summed E-state index contributed by atoms with van der Waals surface area (Å²) in [5.41, 5.74) is 6.28. The summed E-state index contributed by atoms with van der Waals surface area (Å²) < 4.78 is 0. The van der Waals surface area contributed by atoms with Crippen LogP contribution in [0.4, 0.5) is 11.9 Å². The first-order valence-electron chi connectivity index (χ1n) is 6.92. The molecule has 0 amide bonds. The SMILES string of the molecule is Nc1nc(-c2cc(Cl)ccc2Cl)nc(N2CCCC2C(=O)O)n1. The van der Waals surface area contributed by atoms with Crippen LogP contribution in [0.15, 0.2) is 18.2 Å². The number of nitrogens with two attached hydrogens (primary N) is 1. The van der Waals surface area contributed by atoms with Crippen LogP contribution in [0.2, 0.25) is 10.0 Å². The Morgan fingerprint density at radius 2 is 2.09 bits per heavy atom. The quantitative estimate of drug-likeness (QED) is 0.872. The highest BCUT2D eigenvalue weighted by atomic mass is 35.5. The van der Waals surface area contributed by atoms with Gasteiger partial charge in [0.05, 0.1) is 5.02 Å². The minimum absolute atomic E-state index is 0.00270. The molecule has 3 rings (SSSR count). The predicted molar refractivity (Wildman–Crippen MR) is 87.7 cm³/mol. The van der Waals surface area contributed by atoms with Crippen molar-refractivity contribution in [2.75, 3.05) is 17.2 Å². The molecule has 0 radical (unpaired) electrons. The molecule has 0 saturated carbocycles. The van der Waals surface area contributed by atoms with Gasteiger partial charge in [0, 0.05) is 17.1 Å². The van der Waals surface area contributed by atoms with Gasteiger partial charge in [-0.25, -0.2) is 4.79 Å². The molecule has 2 heterocycles. The number of nitrogen functional groups attached to an aromatic ring is 1. The first-order chi connectivity index (χ1) is 11.0. The van der Waals surface area contributed by atoms with Crippen molar-refractivity contribution in [1.82, 2.24) is 15.0 Å². The first kappa shape index (κ1) is 15.8. The smallest absolute Gasteiger partial charge is 0.326 e. The van der Waals surface area contributed by atoms with Crippen molar-refractivity contribution in [3.8, 4) is 11.4 Å². The molecular weight excluding hydrogens is 341 g/mol. The van der Waals surface area contributed by atoms with Crippen LogP contribution >= 0.6 is 23.2 Å². The van der Waals surface area contributed by atoms with Gasteiger partial charge in [-0.15, -0.1) is 0 Å². The number of rotatable bonds is 3. The summed E-state index contributed by atoms with van der Waals surface area (Å²) in [6.07, 6.45) is 1.28. The maximum absolute atomic E-state index is 11.3. The number of aliphatic carboxylic acids is 1. The van der Waals surface area contributed by atoms with Crippen molar-refractivity contribution in [2.24, 2.45) is 0 Å². The van der Waals surface area contributed by atoms with Gasteiger partial charge in [-0.1, -0.05) is 23.2 Å². The molecule has 23 heavy (non-hydrogen) atoms. The van der Waals surface area contributed by atoms with E-state index in [2.05, 4.69) is 15.0 Å². The molecule has 1 fully saturated rings. The van der Waals surface area contributed by atoms with Crippen molar-refractivity contribution in [3.63, 3.8) is 0 Å². The van der Waals surface area contributed by atoms with Crippen LogP contribution in [0.5, 0.6) is 0 Å². The van der Waals surface area contributed by atoms with Crippen LogP contribution in [0.25, 0.3) is 11.4 Å². The monoisotopic (exact) mass is 353 g/mol. The van der Waals surface area contributed by atoms with Gasteiger partial charge in [0.25, 0.3) is 0 Å². The molecule has 1 aromatic carbocycles.